The third-order valence-electron chi connectivity index (χ3n) is 7.16. The number of H-pyrrole nitrogens is 1. The van der Waals surface area contributed by atoms with E-state index >= 15 is 0 Å². The minimum absolute atomic E-state index is 0.170. The van der Waals surface area contributed by atoms with Crippen LogP contribution in [0.25, 0.3) is 22.2 Å². The highest BCUT2D eigenvalue weighted by Crippen LogP contribution is 2.38. The highest BCUT2D eigenvalue weighted by atomic mass is 16.2. The molecule has 4 rings (SSSR count). The molecule has 8 heteroatoms. The van der Waals surface area contributed by atoms with Gasteiger partial charge in [0.25, 0.3) is 0 Å². The van der Waals surface area contributed by atoms with Crippen LogP contribution in [0.2, 0.25) is 0 Å². The van der Waals surface area contributed by atoms with Gasteiger partial charge in [-0.25, -0.2) is 4.68 Å². The number of aromatic nitrogens is 2. The number of nitrogens with two attached hydrogens (primary N) is 2. The number of likely N-dealkylation sites (N-methyl/N-ethyl adjacent to an activating group) is 1. The fourth-order valence-electron chi connectivity index (χ4n) is 5.08. The van der Waals surface area contributed by atoms with Crippen LogP contribution in [0.3, 0.4) is 0 Å². The SMILES string of the molecule is Cc1c(-c2[nH]c3ccc(C4CCN(CC(=O)N(C)C)CC4)cc3c2C(C)C)cc/c(=N/N)n1N. The Hall–Kier alpha value is -3.26. The molecular formula is C26H37N7O. The number of nitrogens with zero attached hydrogens (tertiary/aromatic N) is 4. The van der Waals surface area contributed by atoms with Crippen LogP contribution in [-0.2, 0) is 4.79 Å². The Labute approximate surface area is 201 Å². The number of aromatic amines is 1. The van der Waals surface area contributed by atoms with Gasteiger partial charge in [0.15, 0.2) is 5.49 Å². The van der Waals surface area contributed by atoms with Gasteiger partial charge in [0.2, 0.25) is 5.91 Å². The van der Waals surface area contributed by atoms with Crippen molar-refractivity contribution in [3.05, 3.63) is 52.6 Å². The zero-order valence-electron chi connectivity index (χ0n) is 20.9. The minimum atomic E-state index is 0.170. The van der Waals surface area contributed by atoms with E-state index in [9.17, 15) is 4.79 Å². The van der Waals surface area contributed by atoms with Crippen molar-refractivity contribution in [3.8, 4) is 11.3 Å². The van der Waals surface area contributed by atoms with E-state index in [0.717, 1.165) is 48.4 Å². The zero-order valence-corrected chi connectivity index (χ0v) is 20.9. The van der Waals surface area contributed by atoms with Crippen LogP contribution in [0.15, 0.2) is 35.4 Å². The third kappa shape index (κ3) is 4.42. The summed E-state index contributed by atoms with van der Waals surface area (Å²) < 4.78 is 1.53. The standard InChI is InChI=1S/C26H37N7O/c1-16(2)25-21-14-19(18-10-12-32(13-11-18)15-24(34)31(4)5)6-8-22(21)29-26(25)20-7-9-23(30-27)33(28)17(20)3/h6-9,14,16,18,29H,10-13,15,27-28H2,1-5H3/b30-23-. The summed E-state index contributed by atoms with van der Waals surface area (Å²) in [5.41, 5.74) is 7.39. The number of piperidine rings is 1. The molecule has 1 aliphatic rings. The van der Waals surface area contributed by atoms with Crippen LogP contribution in [0.5, 0.6) is 0 Å². The van der Waals surface area contributed by atoms with E-state index in [2.05, 4.69) is 47.0 Å². The number of nitrogens with one attached hydrogen (secondary N) is 1. The van der Waals surface area contributed by atoms with E-state index in [1.807, 2.05) is 33.2 Å². The monoisotopic (exact) mass is 463 g/mol. The van der Waals surface area contributed by atoms with Crippen molar-refractivity contribution in [2.75, 3.05) is 39.6 Å². The number of hydrogen-bond acceptors (Lipinski definition) is 5. The van der Waals surface area contributed by atoms with Crippen molar-refractivity contribution in [3.63, 3.8) is 0 Å². The lowest BCUT2D eigenvalue weighted by molar-refractivity contribution is -0.130. The Kier molecular flexibility index (Phi) is 6.70. The maximum Gasteiger partial charge on any atom is 0.236 e. The summed E-state index contributed by atoms with van der Waals surface area (Å²) in [5, 5.41) is 5.03. The lowest BCUT2D eigenvalue weighted by atomic mass is 9.87. The predicted molar refractivity (Wildman–Crippen MR) is 138 cm³/mol. The molecule has 0 bridgehead atoms. The number of carbonyl (C=O) groups excluding carboxylic acids is 1. The summed E-state index contributed by atoms with van der Waals surface area (Å²) in [6.07, 6.45) is 2.13. The van der Waals surface area contributed by atoms with E-state index in [1.165, 1.54) is 21.2 Å². The number of fused-ring (bicyclic) bond motifs is 1. The van der Waals surface area contributed by atoms with Crippen LogP contribution in [-0.4, -0.2) is 59.1 Å². The molecule has 3 heterocycles. The second-order valence-electron chi connectivity index (χ2n) is 9.90. The first-order valence-corrected chi connectivity index (χ1v) is 12.0. The first-order valence-electron chi connectivity index (χ1n) is 12.0. The fraction of sp³-hybridized carbons (Fsp3) is 0.462. The number of benzene rings is 1. The molecule has 2 aromatic heterocycles. The first-order chi connectivity index (χ1) is 16.2. The highest BCUT2D eigenvalue weighted by molar-refractivity contribution is 5.92. The van der Waals surface area contributed by atoms with Crippen molar-refractivity contribution in [1.82, 2.24) is 19.5 Å². The summed E-state index contributed by atoms with van der Waals surface area (Å²) in [4.78, 5) is 19.7. The minimum Gasteiger partial charge on any atom is -0.354 e. The Morgan fingerprint density at radius 3 is 2.53 bits per heavy atom. The quantitative estimate of drug-likeness (QED) is 0.399. The molecule has 182 valence electrons. The lowest BCUT2D eigenvalue weighted by Gasteiger charge is -2.32. The van der Waals surface area contributed by atoms with Crippen molar-refractivity contribution in [2.45, 2.75) is 45.4 Å². The maximum atomic E-state index is 12.1. The van der Waals surface area contributed by atoms with Gasteiger partial charge in [0.1, 0.15) is 0 Å². The second-order valence-corrected chi connectivity index (χ2v) is 9.90. The predicted octanol–water partition coefficient (Wildman–Crippen LogP) is 2.82. The molecule has 0 spiro atoms. The molecule has 3 aromatic rings. The molecule has 34 heavy (non-hydrogen) atoms. The van der Waals surface area contributed by atoms with E-state index in [0.29, 0.717) is 23.9 Å². The fourth-order valence-corrected chi connectivity index (χ4v) is 5.08. The Morgan fingerprint density at radius 1 is 1.21 bits per heavy atom. The van der Waals surface area contributed by atoms with Crippen LogP contribution >= 0.6 is 0 Å². The average molecular weight is 464 g/mol. The van der Waals surface area contributed by atoms with Crippen molar-refractivity contribution in [1.29, 1.82) is 0 Å². The first kappa shape index (κ1) is 23.9. The van der Waals surface area contributed by atoms with Crippen LogP contribution in [0.1, 0.15) is 55.3 Å². The Balaban J connectivity index is 1.66. The molecule has 1 amide bonds. The van der Waals surface area contributed by atoms with Gasteiger partial charge < -0.3 is 21.6 Å². The van der Waals surface area contributed by atoms with Crippen molar-refractivity contribution in [2.24, 2.45) is 10.9 Å². The summed E-state index contributed by atoms with van der Waals surface area (Å²) in [7, 11) is 3.64. The topological polar surface area (TPSA) is 109 Å². The molecule has 0 radical (unpaired) electrons. The van der Waals surface area contributed by atoms with Gasteiger partial charge >= 0.3 is 0 Å². The summed E-state index contributed by atoms with van der Waals surface area (Å²) in [6.45, 7) is 8.86. The summed E-state index contributed by atoms with van der Waals surface area (Å²) in [6, 6.07) is 10.7. The maximum absolute atomic E-state index is 12.1. The number of hydrogen-bond donors (Lipinski definition) is 3. The summed E-state index contributed by atoms with van der Waals surface area (Å²) >= 11 is 0. The largest absolute Gasteiger partial charge is 0.354 e. The Bertz CT molecular complexity index is 1260. The van der Waals surface area contributed by atoms with Gasteiger partial charge in [0.05, 0.1) is 12.2 Å². The molecule has 1 aliphatic heterocycles. The van der Waals surface area contributed by atoms with Gasteiger partial charge in [0, 0.05) is 36.3 Å². The van der Waals surface area contributed by atoms with E-state index < -0.39 is 0 Å². The van der Waals surface area contributed by atoms with E-state index in [1.54, 1.807) is 4.90 Å². The van der Waals surface area contributed by atoms with Crippen LogP contribution < -0.4 is 17.2 Å². The lowest BCUT2D eigenvalue weighted by Crippen LogP contribution is -2.40. The van der Waals surface area contributed by atoms with Gasteiger partial charge in [-0.05, 0) is 80.1 Å². The third-order valence-corrected chi connectivity index (χ3v) is 7.16. The van der Waals surface area contributed by atoms with Crippen molar-refractivity contribution >= 4 is 16.8 Å². The molecule has 5 N–H and O–H groups in total. The number of likely N-dealkylation sites (tertiary alicyclic amines) is 1. The normalized spacial score (nSPS) is 16.0. The van der Waals surface area contributed by atoms with Gasteiger partial charge in [-0.2, -0.15) is 5.10 Å². The van der Waals surface area contributed by atoms with Crippen molar-refractivity contribution < 1.29 is 4.79 Å². The van der Waals surface area contributed by atoms with Gasteiger partial charge in [-0.1, -0.05) is 19.9 Å². The van der Waals surface area contributed by atoms with Gasteiger partial charge in [-0.15, -0.1) is 0 Å². The zero-order chi connectivity index (χ0) is 24.6. The number of rotatable bonds is 5. The van der Waals surface area contributed by atoms with E-state index in [4.69, 9.17) is 11.7 Å². The Morgan fingerprint density at radius 2 is 1.91 bits per heavy atom. The average Bonchev–Trinajstić information content (AvgIpc) is 3.20. The molecule has 1 aromatic carbocycles. The number of amides is 1. The molecule has 8 nitrogen and oxygen atoms in total. The highest BCUT2D eigenvalue weighted by Gasteiger charge is 2.24. The van der Waals surface area contributed by atoms with Crippen LogP contribution in [0, 0.1) is 6.92 Å². The van der Waals surface area contributed by atoms with Crippen LogP contribution in [0.4, 0.5) is 0 Å². The second kappa shape index (κ2) is 9.54. The molecule has 1 saturated heterocycles. The number of carbonyl (C=O) groups is 1. The summed E-state index contributed by atoms with van der Waals surface area (Å²) in [5.74, 6) is 12.7. The van der Waals surface area contributed by atoms with Gasteiger partial charge in [-0.3, -0.25) is 9.69 Å². The smallest absolute Gasteiger partial charge is 0.236 e. The van der Waals surface area contributed by atoms with E-state index in [-0.39, 0.29) is 5.91 Å². The molecule has 0 aliphatic carbocycles. The molecular weight excluding hydrogens is 426 g/mol. The molecule has 0 unspecified atom stereocenters. The molecule has 1 fully saturated rings. The number of nitrogen functional groups attached to an aromatic ring is 1. The molecule has 0 saturated carbocycles. The molecule has 0 atom stereocenters. The number of pyridine rings is 1.